The Labute approximate surface area is 166 Å². The van der Waals surface area contributed by atoms with Gasteiger partial charge < -0.3 is 0 Å². The van der Waals surface area contributed by atoms with E-state index in [2.05, 4.69) is 21.1 Å². The fraction of sp³-hybridized carbons (Fsp3) is 0.350. The van der Waals surface area contributed by atoms with Crippen molar-refractivity contribution in [1.82, 2.24) is 24.3 Å². The number of halogens is 1. The minimum atomic E-state index is -0.0948. The summed E-state index contributed by atoms with van der Waals surface area (Å²) >= 11 is 6.37. The Hall–Kier alpha value is -2.98. The van der Waals surface area contributed by atoms with Gasteiger partial charge in [0, 0.05) is 18.8 Å². The molecule has 1 aliphatic heterocycles. The zero-order chi connectivity index (χ0) is 19.3. The van der Waals surface area contributed by atoms with E-state index >= 15 is 0 Å². The number of fused-ring (bicyclic) bond motifs is 1. The van der Waals surface area contributed by atoms with E-state index in [4.69, 9.17) is 16.9 Å². The molecule has 7 nitrogen and oxygen atoms in total. The maximum atomic E-state index is 13.0. The lowest BCUT2D eigenvalue weighted by molar-refractivity contribution is 0.236. The molecule has 0 amide bonds. The van der Waals surface area contributed by atoms with Crippen molar-refractivity contribution in [3.63, 3.8) is 0 Å². The van der Waals surface area contributed by atoms with Crippen LogP contribution in [-0.4, -0.2) is 24.3 Å². The van der Waals surface area contributed by atoms with E-state index in [-0.39, 0.29) is 23.7 Å². The predicted molar refractivity (Wildman–Crippen MR) is 102 cm³/mol. The molecule has 1 aromatic carbocycles. The van der Waals surface area contributed by atoms with E-state index in [0.29, 0.717) is 10.6 Å². The van der Waals surface area contributed by atoms with Crippen molar-refractivity contribution < 1.29 is 0 Å². The van der Waals surface area contributed by atoms with Gasteiger partial charge >= 0.3 is 5.69 Å². The molecule has 3 heterocycles. The van der Waals surface area contributed by atoms with Crippen LogP contribution in [0.15, 0.2) is 41.6 Å². The monoisotopic (exact) mass is 392 g/mol. The molecule has 0 N–H and O–H groups in total. The molecule has 2 aliphatic rings. The normalized spacial score (nSPS) is 23.1. The zero-order valence-corrected chi connectivity index (χ0v) is 15.8. The Bertz CT molecular complexity index is 1140. The van der Waals surface area contributed by atoms with Crippen molar-refractivity contribution in [3.8, 4) is 6.07 Å². The second-order valence-corrected chi connectivity index (χ2v) is 7.72. The lowest BCUT2D eigenvalue weighted by Gasteiger charge is -2.35. The van der Waals surface area contributed by atoms with E-state index in [0.717, 1.165) is 42.8 Å². The molecule has 0 unspecified atom stereocenters. The van der Waals surface area contributed by atoms with Crippen molar-refractivity contribution in [3.05, 3.63) is 74.9 Å². The number of nitriles is 1. The number of aromatic nitrogens is 5. The van der Waals surface area contributed by atoms with E-state index in [1.807, 2.05) is 12.1 Å². The third-order valence-corrected chi connectivity index (χ3v) is 6.25. The van der Waals surface area contributed by atoms with E-state index < -0.39 is 0 Å². The van der Waals surface area contributed by atoms with Crippen LogP contribution < -0.4 is 5.69 Å². The lowest BCUT2D eigenvalue weighted by atomic mass is 9.75. The maximum absolute atomic E-state index is 13.0. The zero-order valence-electron chi connectivity index (χ0n) is 15.0. The van der Waals surface area contributed by atoms with Crippen LogP contribution in [0.5, 0.6) is 0 Å². The minimum absolute atomic E-state index is 0.0555. The van der Waals surface area contributed by atoms with Gasteiger partial charge in [0.05, 0.1) is 34.6 Å². The third-order valence-electron chi connectivity index (χ3n) is 5.83. The highest BCUT2D eigenvalue weighted by Crippen LogP contribution is 2.46. The van der Waals surface area contributed by atoms with E-state index in [9.17, 15) is 4.79 Å². The quantitative estimate of drug-likeness (QED) is 0.683. The highest BCUT2D eigenvalue weighted by atomic mass is 35.5. The average Bonchev–Trinajstić information content (AvgIpc) is 3.23. The summed E-state index contributed by atoms with van der Waals surface area (Å²) in [6.45, 7) is 0. The number of benzene rings is 1. The van der Waals surface area contributed by atoms with Gasteiger partial charge in [-0.3, -0.25) is 14.5 Å². The highest BCUT2D eigenvalue weighted by molar-refractivity contribution is 6.32. The number of hydrogen-bond acceptors (Lipinski definition) is 5. The van der Waals surface area contributed by atoms with Crippen LogP contribution in [0, 0.1) is 11.3 Å². The molecule has 2 aromatic heterocycles. The fourth-order valence-corrected chi connectivity index (χ4v) is 4.63. The summed E-state index contributed by atoms with van der Waals surface area (Å²) in [4.78, 5) is 21.5. The molecule has 1 saturated carbocycles. The van der Waals surface area contributed by atoms with E-state index in [1.54, 1.807) is 33.9 Å². The summed E-state index contributed by atoms with van der Waals surface area (Å²) in [5, 5.41) is 14.3. The molecule has 1 atom stereocenters. The van der Waals surface area contributed by atoms with Crippen molar-refractivity contribution in [2.45, 2.75) is 43.7 Å². The molecule has 0 bridgehead atoms. The lowest BCUT2D eigenvalue weighted by Crippen LogP contribution is -2.35. The standard InChI is InChI=1S/C20H17ClN6O/c21-19-12(10-22)2-1-3-15(19)13-8-14(9-13)27-20(28)26-17(4-5-18(26)25-27)16-11-23-6-7-24-16/h1-3,6-7,11,13-14,17H,4-5,8-9H2/t13?,14?,17-/m0/s1. The Morgan fingerprint density at radius 1 is 1.25 bits per heavy atom. The van der Waals surface area contributed by atoms with Crippen LogP contribution >= 0.6 is 11.6 Å². The molecule has 28 heavy (non-hydrogen) atoms. The topological polar surface area (TPSA) is 89.4 Å². The van der Waals surface area contributed by atoms with Crippen LogP contribution in [0.2, 0.25) is 5.02 Å². The highest BCUT2D eigenvalue weighted by Gasteiger charge is 2.38. The van der Waals surface area contributed by atoms with Gasteiger partial charge in [0.25, 0.3) is 0 Å². The van der Waals surface area contributed by atoms with Crippen LogP contribution in [0.3, 0.4) is 0 Å². The molecule has 5 rings (SSSR count). The average molecular weight is 393 g/mol. The summed E-state index contributed by atoms with van der Waals surface area (Å²) in [6.07, 6.45) is 8.16. The molecule has 0 saturated heterocycles. The first-order valence-electron chi connectivity index (χ1n) is 9.31. The third kappa shape index (κ3) is 2.56. The van der Waals surface area contributed by atoms with Gasteiger partial charge in [-0.15, -0.1) is 0 Å². The Balaban J connectivity index is 1.39. The minimum Gasteiger partial charge on any atom is -0.270 e. The second kappa shape index (κ2) is 6.57. The molecular formula is C20H17ClN6O. The van der Waals surface area contributed by atoms with Gasteiger partial charge in [0.15, 0.2) is 0 Å². The van der Waals surface area contributed by atoms with Crippen molar-refractivity contribution in [2.24, 2.45) is 0 Å². The van der Waals surface area contributed by atoms with Gasteiger partial charge in [-0.2, -0.15) is 10.4 Å². The molecular weight excluding hydrogens is 376 g/mol. The molecule has 1 fully saturated rings. The maximum Gasteiger partial charge on any atom is 0.346 e. The molecule has 3 aromatic rings. The van der Waals surface area contributed by atoms with Gasteiger partial charge in [-0.25, -0.2) is 9.48 Å². The Morgan fingerprint density at radius 2 is 2.11 bits per heavy atom. The van der Waals surface area contributed by atoms with Crippen molar-refractivity contribution >= 4 is 11.6 Å². The van der Waals surface area contributed by atoms with Gasteiger partial charge in [-0.1, -0.05) is 23.7 Å². The van der Waals surface area contributed by atoms with Crippen LogP contribution in [0.25, 0.3) is 0 Å². The summed E-state index contributed by atoms with van der Waals surface area (Å²) in [7, 11) is 0. The van der Waals surface area contributed by atoms with E-state index in [1.165, 1.54) is 0 Å². The van der Waals surface area contributed by atoms with Gasteiger partial charge in [0.2, 0.25) is 0 Å². The Kier molecular flexibility index (Phi) is 4.02. The molecule has 140 valence electrons. The summed E-state index contributed by atoms with van der Waals surface area (Å²) < 4.78 is 3.39. The van der Waals surface area contributed by atoms with Gasteiger partial charge in [-0.05, 0) is 36.8 Å². The number of aryl methyl sites for hydroxylation is 1. The second-order valence-electron chi connectivity index (χ2n) is 7.34. The number of nitrogens with zero attached hydrogens (tertiary/aromatic N) is 6. The summed E-state index contributed by atoms with van der Waals surface area (Å²) in [6, 6.07) is 7.62. The first-order valence-corrected chi connectivity index (χ1v) is 9.69. The Morgan fingerprint density at radius 3 is 2.86 bits per heavy atom. The molecule has 1 aliphatic carbocycles. The molecule has 0 spiro atoms. The largest absolute Gasteiger partial charge is 0.346 e. The fourth-order valence-electron chi connectivity index (χ4n) is 4.31. The molecule has 0 radical (unpaired) electrons. The van der Waals surface area contributed by atoms with Crippen molar-refractivity contribution in [2.75, 3.05) is 0 Å². The molecule has 8 heteroatoms. The summed E-state index contributed by atoms with van der Waals surface area (Å²) in [5.41, 5.74) is 2.19. The van der Waals surface area contributed by atoms with Crippen LogP contribution in [0.1, 0.15) is 59.9 Å². The first kappa shape index (κ1) is 17.1. The SMILES string of the molecule is N#Cc1cccc(C2CC(n3nc4n(c3=O)[C@H](c3cnccn3)CC4)C2)c1Cl. The van der Waals surface area contributed by atoms with Crippen LogP contribution in [0.4, 0.5) is 0 Å². The smallest absolute Gasteiger partial charge is 0.270 e. The van der Waals surface area contributed by atoms with Crippen LogP contribution in [-0.2, 0) is 6.42 Å². The predicted octanol–water partition coefficient (Wildman–Crippen LogP) is 3.01. The summed E-state index contributed by atoms with van der Waals surface area (Å²) in [5.74, 6) is 1.05. The number of hydrogen-bond donors (Lipinski definition) is 0. The van der Waals surface area contributed by atoms with Crippen molar-refractivity contribution in [1.29, 1.82) is 5.26 Å². The number of rotatable bonds is 3. The first-order chi connectivity index (χ1) is 13.7. The van der Waals surface area contributed by atoms with Gasteiger partial charge in [0.1, 0.15) is 11.9 Å².